The number of hydrogen-bond donors (Lipinski definition) is 1. The molecule has 3 aromatic rings. The van der Waals surface area contributed by atoms with Gasteiger partial charge in [-0.3, -0.25) is 0 Å². The van der Waals surface area contributed by atoms with Gasteiger partial charge in [0.15, 0.2) is 0 Å². The smallest absolute Gasteiger partial charge is 0.328 e. The van der Waals surface area contributed by atoms with Gasteiger partial charge in [-0.2, -0.15) is 0 Å². The van der Waals surface area contributed by atoms with Gasteiger partial charge in [-0.05, 0) is 57.2 Å². The summed E-state index contributed by atoms with van der Waals surface area (Å²) in [6, 6.07) is 17.6. The highest BCUT2D eigenvalue weighted by Gasteiger charge is 2.46. The highest BCUT2D eigenvalue weighted by Crippen LogP contribution is 2.42. The Morgan fingerprint density at radius 3 is 2.56 bits per heavy atom. The molecule has 1 N–H and O–H groups in total. The zero-order valence-corrected chi connectivity index (χ0v) is 18.6. The van der Waals surface area contributed by atoms with Crippen molar-refractivity contribution in [1.29, 1.82) is 0 Å². The summed E-state index contributed by atoms with van der Waals surface area (Å²) in [6.45, 7) is 4.74. The monoisotopic (exact) mass is 427 g/mol. The molecule has 3 heterocycles. The molecule has 164 valence electrons. The number of fused-ring (bicyclic) bond motifs is 1. The van der Waals surface area contributed by atoms with Gasteiger partial charge in [-0.25, -0.2) is 14.3 Å². The summed E-state index contributed by atoms with van der Waals surface area (Å²) in [7, 11) is 2.19. The van der Waals surface area contributed by atoms with Crippen molar-refractivity contribution in [1.82, 2.24) is 19.8 Å². The minimum atomic E-state index is -0.139. The molecule has 0 saturated carbocycles. The number of hydrogen-bond acceptors (Lipinski definition) is 4. The molecule has 2 saturated heterocycles. The number of para-hydroxylation sites is 2. The lowest BCUT2D eigenvalue weighted by Crippen LogP contribution is -2.61. The first-order valence-electron chi connectivity index (χ1n) is 11.4. The Morgan fingerprint density at radius 2 is 1.78 bits per heavy atom. The molecule has 0 atom stereocenters. The van der Waals surface area contributed by atoms with Gasteiger partial charge >= 0.3 is 6.03 Å². The van der Waals surface area contributed by atoms with Crippen LogP contribution in [0.15, 0.2) is 54.6 Å². The fraction of sp³-hybridized carbons (Fsp3) is 0.385. The van der Waals surface area contributed by atoms with Crippen LogP contribution >= 0.6 is 0 Å². The highest BCUT2D eigenvalue weighted by molar-refractivity contribution is 5.93. The summed E-state index contributed by atoms with van der Waals surface area (Å²) in [6.07, 6.45) is 3.03. The first-order valence-corrected chi connectivity index (χ1v) is 11.4. The van der Waals surface area contributed by atoms with E-state index < -0.39 is 0 Å². The van der Waals surface area contributed by atoms with E-state index in [0.717, 1.165) is 48.7 Å². The number of carbonyl (C=O) groups excluding carboxylic acids is 1. The standard InChI is InChI=1S/C26H29N5O/c1-29-17-14-26(15-18-29)19-30(20-26)24-28-22-12-5-6-13-23(22)31(24)25(32)27-16-8-7-11-21-9-3-2-4-10-21/h2-6,9-10,12-13H,8,14-20H2,1H3,(H,27,32). The molecule has 2 aliphatic rings. The molecule has 1 amide bonds. The molecule has 2 aromatic carbocycles. The van der Waals surface area contributed by atoms with Gasteiger partial charge in [0.05, 0.1) is 11.0 Å². The van der Waals surface area contributed by atoms with Gasteiger partial charge in [-0.1, -0.05) is 42.2 Å². The largest absolute Gasteiger partial charge is 0.341 e. The van der Waals surface area contributed by atoms with E-state index in [0.29, 0.717) is 18.4 Å². The molecule has 5 rings (SSSR count). The molecule has 0 aliphatic carbocycles. The fourth-order valence-electron chi connectivity index (χ4n) is 4.74. The molecule has 6 nitrogen and oxygen atoms in total. The van der Waals surface area contributed by atoms with E-state index in [1.165, 1.54) is 12.8 Å². The number of rotatable bonds is 3. The average Bonchev–Trinajstić information content (AvgIpc) is 3.18. The summed E-state index contributed by atoms with van der Waals surface area (Å²) in [5, 5.41) is 3.03. The molecule has 32 heavy (non-hydrogen) atoms. The Balaban J connectivity index is 1.28. The van der Waals surface area contributed by atoms with E-state index in [2.05, 4.69) is 34.0 Å². The van der Waals surface area contributed by atoms with Crippen LogP contribution in [0.2, 0.25) is 0 Å². The predicted octanol–water partition coefficient (Wildman–Crippen LogP) is 3.57. The van der Waals surface area contributed by atoms with Gasteiger partial charge in [0.1, 0.15) is 0 Å². The quantitative estimate of drug-likeness (QED) is 0.513. The van der Waals surface area contributed by atoms with Gasteiger partial charge < -0.3 is 15.1 Å². The molecule has 0 bridgehead atoms. The average molecular weight is 428 g/mol. The lowest BCUT2D eigenvalue weighted by molar-refractivity contribution is 0.0892. The maximum atomic E-state index is 13.2. The number of amides is 1. The summed E-state index contributed by atoms with van der Waals surface area (Å²) in [5.41, 5.74) is 3.06. The zero-order valence-electron chi connectivity index (χ0n) is 18.6. The highest BCUT2D eigenvalue weighted by atomic mass is 16.2. The molecule has 0 unspecified atom stereocenters. The molecule has 1 aromatic heterocycles. The maximum absolute atomic E-state index is 13.2. The normalized spacial score (nSPS) is 17.6. The Kier molecular flexibility index (Phi) is 5.59. The van der Waals surface area contributed by atoms with E-state index in [1.807, 2.05) is 54.6 Å². The third-order valence-corrected chi connectivity index (χ3v) is 6.66. The Morgan fingerprint density at radius 1 is 1.06 bits per heavy atom. The number of imidazole rings is 1. The van der Waals surface area contributed by atoms with E-state index in [9.17, 15) is 4.79 Å². The van der Waals surface area contributed by atoms with Crippen LogP contribution in [0.25, 0.3) is 11.0 Å². The lowest BCUT2D eigenvalue weighted by Gasteiger charge is -2.53. The molecule has 2 aliphatic heterocycles. The van der Waals surface area contributed by atoms with E-state index in [1.54, 1.807) is 4.57 Å². The lowest BCUT2D eigenvalue weighted by atomic mass is 9.72. The SMILES string of the molecule is CN1CCC2(CC1)CN(c1nc3ccccc3n1C(=O)NCCC#Cc1ccccc1)C2. The number of benzene rings is 2. The number of nitrogens with one attached hydrogen (secondary N) is 1. The maximum Gasteiger partial charge on any atom is 0.328 e. The second kappa shape index (κ2) is 8.68. The van der Waals surface area contributed by atoms with Gasteiger partial charge in [0.2, 0.25) is 5.95 Å². The van der Waals surface area contributed by atoms with Crippen molar-refractivity contribution >= 4 is 23.0 Å². The first kappa shape index (κ1) is 20.6. The van der Waals surface area contributed by atoms with E-state index >= 15 is 0 Å². The molecule has 6 heteroatoms. The van der Waals surface area contributed by atoms with Crippen LogP contribution < -0.4 is 10.2 Å². The van der Waals surface area contributed by atoms with E-state index in [4.69, 9.17) is 4.98 Å². The fourth-order valence-corrected chi connectivity index (χ4v) is 4.74. The summed E-state index contributed by atoms with van der Waals surface area (Å²) in [4.78, 5) is 22.6. The second-order valence-corrected chi connectivity index (χ2v) is 9.04. The number of aromatic nitrogens is 2. The van der Waals surface area contributed by atoms with Gasteiger partial charge in [0, 0.05) is 37.0 Å². The molecule has 1 spiro atoms. The number of likely N-dealkylation sites (tertiary alicyclic amines) is 1. The van der Waals surface area contributed by atoms with Crippen LogP contribution in [0, 0.1) is 17.3 Å². The van der Waals surface area contributed by atoms with Gasteiger partial charge in [0.25, 0.3) is 0 Å². The number of anilines is 1. The second-order valence-electron chi connectivity index (χ2n) is 9.04. The van der Waals surface area contributed by atoms with Crippen molar-refractivity contribution in [3.05, 3.63) is 60.2 Å². The van der Waals surface area contributed by atoms with Crippen molar-refractivity contribution < 1.29 is 4.79 Å². The zero-order chi connectivity index (χ0) is 22.0. The van der Waals surface area contributed by atoms with Crippen molar-refractivity contribution in [2.24, 2.45) is 5.41 Å². The van der Waals surface area contributed by atoms with Crippen molar-refractivity contribution in [3.63, 3.8) is 0 Å². The van der Waals surface area contributed by atoms with Crippen LogP contribution in [0.3, 0.4) is 0 Å². The van der Waals surface area contributed by atoms with Crippen LogP contribution in [0.5, 0.6) is 0 Å². The first-order chi connectivity index (χ1) is 15.6. The van der Waals surface area contributed by atoms with E-state index in [-0.39, 0.29) is 6.03 Å². The topological polar surface area (TPSA) is 53.4 Å². The summed E-state index contributed by atoms with van der Waals surface area (Å²) < 4.78 is 1.74. The number of piperidine rings is 1. The molecule has 0 radical (unpaired) electrons. The van der Waals surface area contributed by atoms with Crippen molar-refractivity contribution in [3.8, 4) is 11.8 Å². The number of nitrogens with zero attached hydrogens (tertiary/aromatic N) is 4. The Hall–Kier alpha value is -3.30. The van der Waals surface area contributed by atoms with Crippen LogP contribution in [-0.2, 0) is 0 Å². The molecule has 2 fully saturated rings. The molecular weight excluding hydrogens is 398 g/mol. The van der Waals surface area contributed by atoms with Crippen molar-refractivity contribution in [2.45, 2.75) is 19.3 Å². The minimum absolute atomic E-state index is 0.139. The van der Waals surface area contributed by atoms with Crippen LogP contribution in [0.1, 0.15) is 24.8 Å². The summed E-state index contributed by atoms with van der Waals surface area (Å²) >= 11 is 0. The summed E-state index contributed by atoms with van der Waals surface area (Å²) in [5.74, 6) is 7.03. The predicted molar refractivity (Wildman–Crippen MR) is 128 cm³/mol. The van der Waals surface area contributed by atoms with Crippen LogP contribution in [0.4, 0.5) is 10.7 Å². The minimum Gasteiger partial charge on any atom is -0.341 e. The Labute approximate surface area is 189 Å². The van der Waals surface area contributed by atoms with Crippen molar-refractivity contribution in [2.75, 3.05) is 44.7 Å². The number of carbonyl (C=O) groups is 1. The third kappa shape index (κ3) is 4.09. The molecular formula is C26H29N5O. The Bertz CT molecular complexity index is 1160. The van der Waals surface area contributed by atoms with Crippen LogP contribution in [-0.4, -0.2) is 60.3 Å². The van der Waals surface area contributed by atoms with Gasteiger partial charge in [-0.15, -0.1) is 0 Å². The third-order valence-electron chi connectivity index (χ3n) is 6.66.